The van der Waals surface area contributed by atoms with Crippen LogP contribution in [0, 0.1) is 6.92 Å². The molecule has 0 bridgehead atoms. The molecule has 0 spiro atoms. The zero-order valence-electron chi connectivity index (χ0n) is 10.1. The molecule has 0 amide bonds. The van der Waals surface area contributed by atoms with Gasteiger partial charge in [-0.2, -0.15) is 0 Å². The van der Waals surface area contributed by atoms with Crippen molar-refractivity contribution in [1.29, 1.82) is 0 Å². The van der Waals surface area contributed by atoms with E-state index < -0.39 is 0 Å². The highest BCUT2D eigenvalue weighted by Crippen LogP contribution is 2.22. The highest BCUT2D eigenvalue weighted by atomic mass is 16.3. The molecule has 3 heteroatoms. The second-order valence-corrected chi connectivity index (χ2v) is 4.57. The Morgan fingerprint density at radius 2 is 1.88 bits per heavy atom. The first-order valence-corrected chi connectivity index (χ1v) is 5.84. The summed E-state index contributed by atoms with van der Waals surface area (Å²) in [6, 6.07) is 6.22. The topological polar surface area (TPSA) is 26.7 Å². The molecule has 1 aromatic carbocycles. The van der Waals surface area contributed by atoms with Gasteiger partial charge in [0.15, 0.2) is 0 Å². The zero-order chi connectivity index (χ0) is 11.5. The first-order valence-electron chi connectivity index (χ1n) is 5.84. The lowest BCUT2D eigenvalue weighted by molar-refractivity contribution is 0.281. The summed E-state index contributed by atoms with van der Waals surface area (Å²) >= 11 is 0. The summed E-state index contributed by atoms with van der Waals surface area (Å²) in [6.07, 6.45) is 0. The van der Waals surface area contributed by atoms with Crippen LogP contribution in [0.4, 0.5) is 5.69 Å². The van der Waals surface area contributed by atoms with Gasteiger partial charge in [0, 0.05) is 31.9 Å². The predicted molar refractivity (Wildman–Crippen MR) is 66.8 cm³/mol. The van der Waals surface area contributed by atoms with Gasteiger partial charge in [-0.3, -0.25) is 0 Å². The van der Waals surface area contributed by atoms with Crippen LogP contribution in [0.25, 0.3) is 0 Å². The third-order valence-corrected chi connectivity index (χ3v) is 3.29. The Kier molecular flexibility index (Phi) is 3.46. The first-order chi connectivity index (χ1) is 7.70. The quantitative estimate of drug-likeness (QED) is 0.812. The van der Waals surface area contributed by atoms with Crippen molar-refractivity contribution in [1.82, 2.24) is 4.90 Å². The van der Waals surface area contributed by atoms with E-state index in [1.807, 2.05) is 6.07 Å². The van der Waals surface area contributed by atoms with Crippen molar-refractivity contribution in [3.63, 3.8) is 0 Å². The van der Waals surface area contributed by atoms with Crippen LogP contribution < -0.4 is 4.90 Å². The van der Waals surface area contributed by atoms with Gasteiger partial charge in [-0.25, -0.2) is 0 Å². The van der Waals surface area contributed by atoms with Crippen LogP contribution in [0.15, 0.2) is 18.2 Å². The minimum atomic E-state index is 0.129. The molecule has 1 saturated heterocycles. The average molecular weight is 220 g/mol. The number of benzene rings is 1. The lowest BCUT2D eigenvalue weighted by atomic mass is 10.1. The third-order valence-electron chi connectivity index (χ3n) is 3.29. The summed E-state index contributed by atoms with van der Waals surface area (Å²) in [4.78, 5) is 4.78. The smallest absolute Gasteiger partial charge is 0.0681 e. The minimum absolute atomic E-state index is 0.129. The number of anilines is 1. The summed E-state index contributed by atoms with van der Waals surface area (Å²) in [5.41, 5.74) is 3.57. The Hall–Kier alpha value is -1.06. The van der Waals surface area contributed by atoms with Crippen molar-refractivity contribution in [3.05, 3.63) is 29.3 Å². The fourth-order valence-electron chi connectivity index (χ4n) is 2.22. The van der Waals surface area contributed by atoms with Gasteiger partial charge in [-0.05, 0) is 31.2 Å². The Morgan fingerprint density at radius 1 is 1.19 bits per heavy atom. The maximum absolute atomic E-state index is 9.08. The van der Waals surface area contributed by atoms with E-state index in [0.717, 1.165) is 31.7 Å². The average Bonchev–Trinajstić information content (AvgIpc) is 2.30. The van der Waals surface area contributed by atoms with Gasteiger partial charge in [0.1, 0.15) is 0 Å². The van der Waals surface area contributed by atoms with Crippen LogP contribution in [0.2, 0.25) is 0 Å². The van der Waals surface area contributed by atoms with Crippen LogP contribution in [-0.4, -0.2) is 43.2 Å². The van der Waals surface area contributed by atoms with Crippen molar-refractivity contribution < 1.29 is 5.11 Å². The SMILES string of the molecule is Cc1cc(CO)ccc1N1CCN(C)CC1. The Bertz CT molecular complexity index is 357. The van der Waals surface area contributed by atoms with E-state index in [9.17, 15) is 0 Å². The summed E-state index contributed by atoms with van der Waals surface area (Å²) < 4.78 is 0. The number of rotatable bonds is 2. The molecule has 1 aliphatic rings. The van der Waals surface area contributed by atoms with Crippen LogP contribution in [-0.2, 0) is 6.61 Å². The van der Waals surface area contributed by atoms with Crippen molar-refractivity contribution in [2.45, 2.75) is 13.5 Å². The highest BCUT2D eigenvalue weighted by molar-refractivity contribution is 5.54. The molecule has 0 atom stereocenters. The second kappa shape index (κ2) is 4.85. The van der Waals surface area contributed by atoms with E-state index in [1.54, 1.807) is 0 Å². The molecule has 1 aromatic rings. The molecular formula is C13H20N2O. The van der Waals surface area contributed by atoms with Gasteiger partial charge in [-0.15, -0.1) is 0 Å². The molecule has 0 aliphatic carbocycles. The monoisotopic (exact) mass is 220 g/mol. The lowest BCUT2D eigenvalue weighted by Gasteiger charge is -2.35. The van der Waals surface area contributed by atoms with E-state index in [-0.39, 0.29) is 6.61 Å². The number of piperazine rings is 1. The number of hydrogen-bond donors (Lipinski definition) is 1. The van der Waals surface area contributed by atoms with Crippen LogP contribution in [0.3, 0.4) is 0 Å². The predicted octanol–water partition coefficient (Wildman–Crippen LogP) is 1.24. The molecule has 0 aromatic heterocycles. The molecule has 3 nitrogen and oxygen atoms in total. The third kappa shape index (κ3) is 2.36. The van der Waals surface area contributed by atoms with Gasteiger partial charge in [0.2, 0.25) is 0 Å². The molecule has 1 aliphatic heterocycles. The standard InChI is InChI=1S/C13H20N2O/c1-11-9-12(10-16)3-4-13(11)15-7-5-14(2)6-8-15/h3-4,9,16H,5-8,10H2,1-2H3. The van der Waals surface area contributed by atoms with E-state index in [2.05, 4.69) is 35.9 Å². The van der Waals surface area contributed by atoms with Crippen molar-refractivity contribution in [3.8, 4) is 0 Å². The fraction of sp³-hybridized carbons (Fsp3) is 0.538. The van der Waals surface area contributed by atoms with Gasteiger partial charge >= 0.3 is 0 Å². The molecular weight excluding hydrogens is 200 g/mol. The molecule has 88 valence electrons. The molecule has 1 fully saturated rings. The van der Waals surface area contributed by atoms with Crippen LogP contribution in [0.1, 0.15) is 11.1 Å². The summed E-state index contributed by atoms with van der Waals surface area (Å²) in [7, 11) is 2.17. The summed E-state index contributed by atoms with van der Waals surface area (Å²) in [5.74, 6) is 0. The molecule has 2 rings (SSSR count). The molecule has 0 saturated carbocycles. The normalized spacial score (nSPS) is 17.8. The fourth-order valence-corrected chi connectivity index (χ4v) is 2.22. The lowest BCUT2D eigenvalue weighted by Crippen LogP contribution is -2.44. The van der Waals surface area contributed by atoms with Gasteiger partial charge in [0.05, 0.1) is 6.61 Å². The Balaban J connectivity index is 2.14. The molecule has 1 heterocycles. The van der Waals surface area contributed by atoms with Crippen molar-refractivity contribution in [2.75, 3.05) is 38.1 Å². The van der Waals surface area contributed by atoms with Crippen LogP contribution >= 0.6 is 0 Å². The van der Waals surface area contributed by atoms with E-state index in [4.69, 9.17) is 5.11 Å². The second-order valence-electron chi connectivity index (χ2n) is 4.57. The largest absolute Gasteiger partial charge is 0.392 e. The minimum Gasteiger partial charge on any atom is -0.392 e. The van der Waals surface area contributed by atoms with E-state index >= 15 is 0 Å². The molecule has 16 heavy (non-hydrogen) atoms. The zero-order valence-corrected chi connectivity index (χ0v) is 10.1. The Labute approximate surface area is 97.3 Å². The maximum atomic E-state index is 9.08. The number of hydrogen-bond acceptors (Lipinski definition) is 3. The molecule has 0 radical (unpaired) electrons. The Morgan fingerprint density at radius 3 is 2.44 bits per heavy atom. The van der Waals surface area contributed by atoms with E-state index in [1.165, 1.54) is 11.3 Å². The number of aryl methyl sites for hydroxylation is 1. The summed E-state index contributed by atoms with van der Waals surface area (Å²) in [6.45, 7) is 6.69. The number of likely N-dealkylation sites (N-methyl/N-ethyl adjacent to an activating group) is 1. The number of aliphatic hydroxyl groups is 1. The number of aliphatic hydroxyl groups excluding tert-OH is 1. The maximum Gasteiger partial charge on any atom is 0.0681 e. The van der Waals surface area contributed by atoms with E-state index in [0.29, 0.717) is 0 Å². The highest BCUT2D eigenvalue weighted by Gasteiger charge is 2.15. The van der Waals surface area contributed by atoms with Crippen molar-refractivity contribution >= 4 is 5.69 Å². The molecule has 0 unspecified atom stereocenters. The first kappa shape index (κ1) is 11.4. The summed E-state index contributed by atoms with van der Waals surface area (Å²) in [5, 5.41) is 9.08. The molecule has 1 N–H and O–H groups in total. The number of nitrogens with zero attached hydrogens (tertiary/aromatic N) is 2. The van der Waals surface area contributed by atoms with Gasteiger partial charge < -0.3 is 14.9 Å². The van der Waals surface area contributed by atoms with Gasteiger partial charge in [0.25, 0.3) is 0 Å². The van der Waals surface area contributed by atoms with Crippen LogP contribution in [0.5, 0.6) is 0 Å². The van der Waals surface area contributed by atoms with Gasteiger partial charge in [-0.1, -0.05) is 12.1 Å². The van der Waals surface area contributed by atoms with Crippen molar-refractivity contribution in [2.24, 2.45) is 0 Å².